The highest BCUT2D eigenvalue weighted by atomic mass is 35.5. The molecular weight excluding hydrogens is 363 g/mol. The van der Waals surface area contributed by atoms with Gasteiger partial charge in [0.25, 0.3) is 11.9 Å². The summed E-state index contributed by atoms with van der Waals surface area (Å²) in [4.78, 5) is 17.2. The molecule has 5 nitrogen and oxygen atoms in total. The average molecular weight is 373 g/mol. The van der Waals surface area contributed by atoms with Crippen molar-refractivity contribution in [2.75, 3.05) is 5.32 Å². The average Bonchev–Trinajstić information content (AvgIpc) is 3.16. The van der Waals surface area contributed by atoms with Crippen molar-refractivity contribution in [1.29, 1.82) is 0 Å². The van der Waals surface area contributed by atoms with Gasteiger partial charge in [-0.15, -0.1) is 16.4 Å². The maximum Gasteiger partial charge on any atom is 0.259 e. The van der Waals surface area contributed by atoms with E-state index >= 15 is 0 Å². The number of hydrogen-bond donors (Lipinski definition) is 1. The fourth-order valence-electron chi connectivity index (χ4n) is 2.37. The number of benzene rings is 2. The molecule has 4 rings (SSSR count). The summed E-state index contributed by atoms with van der Waals surface area (Å²) in [7, 11) is 0. The molecule has 25 heavy (non-hydrogen) atoms. The van der Waals surface area contributed by atoms with Crippen LogP contribution in [0.5, 0.6) is 0 Å². The van der Waals surface area contributed by atoms with E-state index in [1.807, 2.05) is 5.38 Å². The predicted octanol–water partition coefficient (Wildman–Crippen LogP) is 4.50. The second-order valence-electron chi connectivity index (χ2n) is 5.19. The molecule has 1 N–H and O–H groups in total. The van der Waals surface area contributed by atoms with Gasteiger partial charge in [-0.3, -0.25) is 10.1 Å². The molecule has 0 saturated heterocycles. The van der Waals surface area contributed by atoms with E-state index in [2.05, 4.69) is 15.4 Å². The number of amides is 1. The molecule has 0 aliphatic heterocycles. The second-order valence-corrected chi connectivity index (χ2v) is 6.44. The lowest BCUT2D eigenvalue weighted by molar-refractivity contribution is 0.102. The number of aromatic nitrogens is 3. The molecule has 0 aliphatic carbocycles. The molecule has 0 aliphatic rings. The van der Waals surface area contributed by atoms with Gasteiger partial charge in [-0.05, 0) is 36.4 Å². The number of nitrogens with one attached hydrogen (secondary N) is 1. The SMILES string of the molecule is O=C(Nc1nc2scc(-c3ccc(F)cc3)n2n1)c1ccccc1Cl. The zero-order chi connectivity index (χ0) is 17.4. The molecule has 0 radical (unpaired) electrons. The molecule has 0 fully saturated rings. The Morgan fingerprint density at radius 1 is 1.16 bits per heavy atom. The molecule has 4 aromatic rings. The minimum atomic E-state index is -0.382. The van der Waals surface area contributed by atoms with Crippen molar-refractivity contribution in [3.8, 4) is 11.3 Å². The van der Waals surface area contributed by atoms with Crippen molar-refractivity contribution in [2.45, 2.75) is 0 Å². The first-order valence-electron chi connectivity index (χ1n) is 7.28. The third kappa shape index (κ3) is 2.99. The quantitative estimate of drug-likeness (QED) is 0.576. The van der Waals surface area contributed by atoms with Crippen molar-refractivity contribution >= 4 is 39.8 Å². The molecular formula is C17H10ClFN4OS. The van der Waals surface area contributed by atoms with E-state index in [0.29, 0.717) is 15.5 Å². The Labute approximate surface area is 150 Å². The molecule has 0 saturated carbocycles. The van der Waals surface area contributed by atoms with Crippen LogP contribution in [0.4, 0.5) is 10.3 Å². The van der Waals surface area contributed by atoms with Gasteiger partial charge >= 0.3 is 0 Å². The Hall–Kier alpha value is -2.77. The van der Waals surface area contributed by atoms with E-state index in [9.17, 15) is 9.18 Å². The van der Waals surface area contributed by atoms with Gasteiger partial charge in [-0.25, -0.2) is 8.91 Å². The molecule has 2 heterocycles. The summed E-state index contributed by atoms with van der Waals surface area (Å²) in [5, 5.41) is 9.19. The van der Waals surface area contributed by atoms with Gasteiger partial charge in [0.15, 0.2) is 0 Å². The Balaban J connectivity index is 1.65. The van der Waals surface area contributed by atoms with Gasteiger partial charge in [0, 0.05) is 10.9 Å². The Morgan fingerprint density at radius 3 is 2.68 bits per heavy atom. The van der Waals surface area contributed by atoms with Crippen molar-refractivity contribution in [3.05, 3.63) is 70.3 Å². The topological polar surface area (TPSA) is 59.3 Å². The highest BCUT2D eigenvalue weighted by Crippen LogP contribution is 2.26. The lowest BCUT2D eigenvalue weighted by atomic mass is 10.2. The predicted molar refractivity (Wildman–Crippen MR) is 95.7 cm³/mol. The van der Waals surface area contributed by atoms with Gasteiger partial charge in [0.05, 0.1) is 16.3 Å². The Morgan fingerprint density at radius 2 is 1.92 bits per heavy atom. The summed E-state index contributed by atoms with van der Waals surface area (Å²) in [6, 6.07) is 12.8. The van der Waals surface area contributed by atoms with Crippen LogP contribution in [0.25, 0.3) is 16.2 Å². The minimum absolute atomic E-state index is 0.181. The number of halogens is 2. The Bertz CT molecular complexity index is 1070. The molecule has 2 aromatic heterocycles. The van der Waals surface area contributed by atoms with Crippen LogP contribution >= 0.6 is 22.9 Å². The van der Waals surface area contributed by atoms with Crippen molar-refractivity contribution in [1.82, 2.24) is 14.6 Å². The van der Waals surface area contributed by atoms with Crippen LogP contribution in [-0.4, -0.2) is 20.5 Å². The molecule has 0 bridgehead atoms. The van der Waals surface area contributed by atoms with E-state index in [1.165, 1.54) is 23.5 Å². The summed E-state index contributed by atoms with van der Waals surface area (Å²) in [5.41, 5.74) is 1.92. The largest absolute Gasteiger partial charge is 0.289 e. The standard InChI is InChI=1S/C17H10ClFN4OS/c18-13-4-2-1-3-12(13)15(24)20-16-21-17-23(22-16)14(9-25-17)10-5-7-11(19)8-6-10/h1-9H,(H,20,22,24). The summed E-state index contributed by atoms with van der Waals surface area (Å²) in [5.74, 6) is -0.506. The third-order valence-corrected chi connectivity index (χ3v) is 4.71. The fourth-order valence-corrected chi connectivity index (χ4v) is 3.42. The zero-order valence-corrected chi connectivity index (χ0v) is 14.2. The normalized spacial score (nSPS) is 11.0. The number of rotatable bonds is 3. The first-order valence-corrected chi connectivity index (χ1v) is 8.53. The van der Waals surface area contributed by atoms with Gasteiger partial charge in [0.2, 0.25) is 4.96 Å². The number of hydrogen-bond acceptors (Lipinski definition) is 4. The van der Waals surface area contributed by atoms with E-state index < -0.39 is 0 Å². The number of thiazole rings is 1. The summed E-state index contributed by atoms with van der Waals surface area (Å²) in [6.45, 7) is 0. The highest BCUT2D eigenvalue weighted by molar-refractivity contribution is 7.15. The highest BCUT2D eigenvalue weighted by Gasteiger charge is 2.15. The fraction of sp³-hybridized carbons (Fsp3) is 0. The van der Waals surface area contributed by atoms with Gasteiger partial charge in [0.1, 0.15) is 5.82 Å². The number of carbonyl (C=O) groups excluding carboxylic acids is 1. The maximum atomic E-state index is 13.1. The van der Waals surface area contributed by atoms with Crippen LogP contribution in [0, 0.1) is 5.82 Å². The van der Waals surface area contributed by atoms with Gasteiger partial charge in [-0.2, -0.15) is 4.98 Å². The van der Waals surface area contributed by atoms with E-state index in [0.717, 1.165) is 11.3 Å². The molecule has 0 spiro atoms. The molecule has 0 unspecified atom stereocenters. The maximum absolute atomic E-state index is 13.1. The number of fused-ring (bicyclic) bond motifs is 1. The van der Waals surface area contributed by atoms with E-state index in [4.69, 9.17) is 11.6 Å². The molecule has 1 amide bonds. The van der Waals surface area contributed by atoms with E-state index in [1.54, 1.807) is 40.9 Å². The molecule has 0 atom stereocenters. The van der Waals surface area contributed by atoms with Crippen molar-refractivity contribution < 1.29 is 9.18 Å². The first kappa shape index (κ1) is 15.7. The minimum Gasteiger partial charge on any atom is -0.289 e. The van der Waals surface area contributed by atoms with Crippen LogP contribution in [0.2, 0.25) is 5.02 Å². The molecule has 2 aromatic carbocycles. The first-order chi connectivity index (χ1) is 12.1. The third-order valence-electron chi connectivity index (χ3n) is 3.57. The van der Waals surface area contributed by atoms with Crippen molar-refractivity contribution in [3.63, 3.8) is 0 Å². The van der Waals surface area contributed by atoms with E-state index in [-0.39, 0.29) is 17.7 Å². The lowest BCUT2D eigenvalue weighted by Gasteiger charge is -2.02. The summed E-state index contributed by atoms with van der Waals surface area (Å²) >= 11 is 7.40. The smallest absolute Gasteiger partial charge is 0.259 e. The lowest BCUT2D eigenvalue weighted by Crippen LogP contribution is -2.13. The van der Waals surface area contributed by atoms with Crippen LogP contribution in [0.3, 0.4) is 0 Å². The zero-order valence-electron chi connectivity index (χ0n) is 12.6. The van der Waals surface area contributed by atoms with Crippen LogP contribution in [0.1, 0.15) is 10.4 Å². The number of anilines is 1. The molecule has 124 valence electrons. The number of nitrogens with zero attached hydrogens (tertiary/aromatic N) is 3. The second kappa shape index (κ2) is 6.27. The summed E-state index contributed by atoms with van der Waals surface area (Å²) in [6.07, 6.45) is 0. The number of carbonyl (C=O) groups is 1. The van der Waals surface area contributed by atoms with Gasteiger partial charge < -0.3 is 0 Å². The Kier molecular flexibility index (Phi) is 3.95. The van der Waals surface area contributed by atoms with Gasteiger partial charge in [-0.1, -0.05) is 23.7 Å². The monoisotopic (exact) mass is 372 g/mol. The van der Waals surface area contributed by atoms with Crippen LogP contribution < -0.4 is 5.32 Å². The summed E-state index contributed by atoms with van der Waals surface area (Å²) < 4.78 is 14.7. The molecule has 8 heteroatoms. The van der Waals surface area contributed by atoms with Crippen LogP contribution in [-0.2, 0) is 0 Å². The van der Waals surface area contributed by atoms with Crippen molar-refractivity contribution in [2.24, 2.45) is 0 Å². The van der Waals surface area contributed by atoms with Crippen LogP contribution in [0.15, 0.2) is 53.9 Å².